The number of hydrogen-bond donors (Lipinski definition) is 4. The van der Waals surface area contributed by atoms with Crippen LogP contribution in [0.3, 0.4) is 0 Å². The van der Waals surface area contributed by atoms with Crippen LogP contribution in [0.15, 0.2) is 12.1 Å². The lowest BCUT2D eigenvalue weighted by atomic mass is 10.0. The highest BCUT2D eigenvalue weighted by molar-refractivity contribution is 8.00. The van der Waals surface area contributed by atoms with Gasteiger partial charge in [-0.25, -0.2) is 9.36 Å². The molecular weight excluding hydrogens is 485 g/mol. The van der Waals surface area contributed by atoms with E-state index in [9.17, 15) is 14.2 Å². The predicted molar refractivity (Wildman–Crippen MR) is 127 cm³/mol. The van der Waals surface area contributed by atoms with Crippen LogP contribution < -0.4 is 24.6 Å². The number of urea groups is 1. The van der Waals surface area contributed by atoms with E-state index in [-0.39, 0.29) is 41.6 Å². The number of thioether (sulfide) groups is 1. The topological polar surface area (TPSA) is 147 Å². The summed E-state index contributed by atoms with van der Waals surface area (Å²) in [7, 11) is -1.91. The van der Waals surface area contributed by atoms with E-state index in [4.69, 9.17) is 19.3 Å². The third kappa shape index (κ3) is 6.50. The van der Waals surface area contributed by atoms with Crippen molar-refractivity contribution >= 4 is 31.5 Å². The summed E-state index contributed by atoms with van der Waals surface area (Å²) < 4.78 is 26.7. The second-order valence-electron chi connectivity index (χ2n) is 8.13. The minimum absolute atomic E-state index is 0.00803. The minimum Gasteiger partial charge on any atom is -0.496 e. The van der Waals surface area contributed by atoms with Gasteiger partial charge in [0.1, 0.15) is 17.2 Å². The molecule has 0 aliphatic carbocycles. The molecule has 0 saturated carbocycles. The highest BCUT2D eigenvalue weighted by Gasteiger charge is 2.48. The monoisotopic (exact) mass is 517 g/mol. The summed E-state index contributed by atoms with van der Waals surface area (Å²) in [5, 5.41) is 6.18. The molecular formula is C21H32N3O8PS. The van der Waals surface area contributed by atoms with Crippen molar-refractivity contribution < 1.29 is 37.9 Å². The van der Waals surface area contributed by atoms with Crippen LogP contribution in [-0.2, 0) is 15.9 Å². The van der Waals surface area contributed by atoms with Crippen LogP contribution in [0.25, 0.3) is 0 Å². The first kappa shape index (κ1) is 26.5. The Morgan fingerprint density at radius 1 is 1.26 bits per heavy atom. The molecule has 1 aromatic carbocycles. The Morgan fingerprint density at radius 3 is 2.53 bits per heavy atom. The van der Waals surface area contributed by atoms with Crippen molar-refractivity contribution in [1.29, 1.82) is 0 Å². The summed E-state index contributed by atoms with van der Waals surface area (Å²) in [6.07, 6.45) is 3.16. The van der Waals surface area contributed by atoms with Crippen molar-refractivity contribution in [1.82, 2.24) is 15.5 Å². The number of carbonyl (C=O) groups excluding carboxylic acids is 2. The number of carbonyl (C=O) groups is 2. The molecule has 2 fully saturated rings. The molecule has 0 bridgehead atoms. The Morgan fingerprint density at radius 2 is 1.94 bits per heavy atom. The Balaban J connectivity index is 1.67. The average Bonchev–Trinajstić information content (AvgIpc) is 3.29. The number of hydrogen-bond acceptors (Lipinski definition) is 7. The van der Waals surface area contributed by atoms with E-state index in [2.05, 4.69) is 15.2 Å². The van der Waals surface area contributed by atoms with Crippen LogP contribution in [-0.4, -0.2) is 70.5 Å². The van der Waals surface area contributed by atoms with Gasteiger partial charge in [-0.05, 0) is 19.8 Å². The number of benzene rings is 1. The van der Waals surface area contributed by atoms with Crippen molar-refractivity contribution in [3.05, 3.63) is 17.7 Å². The molecule has 11 nitrogen and oxygen atoms in total. The molecule has 34 heavy (non-hydrogen) atoms. The number of fused-ring (bicyclic) bond motifs is 1. The fourth-order valence-corrected chi connectivity index (χ4v) is 6.37. The molecule has 4 N–H and O–H groups in total. The Labute approximate surface area is 203 Å². The molecule has 3 atom stereocenters. The molecule has 2 aliphatic heterocycles. The van der Waals surface area contributed by atoms with Crippen molar-refractivity contribution in [3.8, 4) is 17.2 Å². The van der Waals surface area contributed by atoms with Crippen LogP contribution in [0.4, 0.5) is 4.79 Å². The Hall–Kier alpha value is -2.14. The SMILES string of the molecule is CCNC(=O)CCCC[C@@H]1SC[C@H]2[C@@H]1NC(=O)N2Cc1c(OC)cc(OP(=O)(O)O)cc1OC. The third-order valence-electron chi connectivity index (χ3n) is 5.90. The maximum absolute atomic E-state index is 12.8. The Kier molecular flexibility index (Phi) is 8.97. The van der Waals surface area contributed by atoms with E-state index in [0.29, 0.717) is 30.0 Å². The zero-order valence-corrected chi connectivity index (χ0v) is 21.2. The summed E-state index contributed by atoms with van der Waals surface area (Å²) in [5.41, 5.74) is 0.578. The lowest BCUT2D eigenvalue weighted by molar-refractivity contribution is -0.121. The number of phosphoric acid groups is 1. The first-order chi connectivity index (χ1) is 16.2. The van der Waals surface area contributed by atoms with Crippen LogP contribution >= 0.6 is 19.6 Å². The van der Waals surface area contributed by atoms with Crippen molar-refractivity contribution in [3.63, 3.8) is 0 Å². The summed E-state index contributed by atoms with van der Waals surface area (Å²) in [6.45, 7) is 2.75. The lowest BCUT2D eigenvalue weighted by Crippen LogP contribution is -2.38. The summed E-state index contributed by atoms with van der Waals surface area (Å²) in [6, 6.07) is 2.55. The van der Waals surface area contributed by atoms with Crippen LogP contribution in [0.5, 0.6) is 17.2 Å². The van der Waals surface area contributed by atoms with Crippen LogP contribution in [0, 0.1) is 0 Å². The van der Waals surface area contributed by atoms with Gasteiger partial charge >= 0.3 is 13.9 Å². The lowest BCUT2D eigenvalue weighted by Gasteiger charge is -2.24. The van der Waals surface area contributed by atoms with E-state index in [1.807, 2.05) is 18.7 Å². The standard InChI is InChI=1S/C21H32N3O8PS/c1-4-22-19(25)8-6-5-7-18-20-15(12-34-18)24(21(26)23-20)11-14-16(30-2)9-13(10-17(14)31-3)32-33(27,28)29/h9-10,15,18,20H,4-8,11-12H2,1-3H3,(H,22,25)(H,23,26)(H2,27,28,29)/t15-,18-,20-/m0/s1. The first-order valence-corrected chi connectivity index (χ1v) is 13.7. The van der Waals surface area contributed by atoms with Gasteiger partial charge < -0.3 is 29.5 Å². The van der Waals surface area contributed by atoms with E-state index in [1.165, 1.54) is 26.4 Å². The number of amides is 3. The molecule has 0 radical (unpaired) electrons. The smallest absolute Gasteiger partial charge is 0.496 e. The van der Waals surface area contributed by atoms with Gasteiger partial charge in [-0.2, -0.15) is 11.8 Å². The van der Waals surface area contributed by atoms with Gasteiger partial charge in [-0.3, -0.25) is 14.6 Å². The number of nitrogens with one attached hydrogen (secondary N) is 2. The van der Waals surface area contributed by atoms with E-state index in [1.54, 1.807) is 4.90 Å². The minimum atomic E-state index is -4.76. The van der Waals surface area contributed by atoms with Gasteiger partial charge in [-0.1, -0.05) is 6.42 Å². The Bertz CT molecular complexity index is 918. The van der Waals surface area contributed by atoms with E-state index < -0.39 is 7.82 Å². The second kappa shape index (κ2) is 11.5. The maximum Gasteiger partial charge on any atom is 0.524 e. The summed E-state index contributed by atoms with van der Waals surface area (Å²) in [4.78, 5) is 44.4. The first-order valence-electron chi connectivity index (χ1n) is 11.1. The quantitative estimate of drug-likeness (QED) is 0.186. The fraction of sp³-hybridized carbons (Fsp3) is 0.619. The largest absolute Gasteiger partial charge is 0.524 e. The van der Waals surface area contributed by atoms with Crippen molar-refractivity contribution in [2.24, 2.45) is 0 Å². The van der Waals surface area contributed by atoms with Crippen LogP contribution in [0.1, 0.15) is 38.2 Å². The number of rotatable bonds is 12. The van der Waals surface area contributed by atoms with Gasteiger partial charge in [0.05, 0.1) is 38.4 Å². The number of phosphoric ester groups is 1. The molecule has 0 aromatic heterocycles. The summed E-state index contributed by atoms with van der Waals surface area (Å²) >= 11 is 1.82. The second-order valence-corrected chi connectivity index (χ2v) is 10.6. The third-order valence-corrected chi connectivity index (χ3v) is 7.84. The van der Waals surface area contributed by atoms with Gasteiger partial charge in [0.15, 0.2) is 0 Å². The molecule has 13 heteroatoms. The molecule has 3 amide bonds. The molecule has 0 unspecified atom stereocenters. The zero-order chi connectivity index (χ0) is 24.9. The van der Waals surface area contributed by atoms with Crippen molar-refractivity contribution in [2.75, 3.05) is 26.5 Å². The number of unbranched alkanes of at least 4 members (excludes halogenated alkanes) is 1. The molecule has 2 saturated heterocycles. The molecule has 0 spiro atoms. The van der Waals surface area contributed by atoms with Crippen molar-refractivity contribution in [2.45, 2.75) is 56.5 Å². The van der Waals surface area contributed by atoms with Gasteiger partial charge in [-0.15, -0.1) is 0 Å². The fourth-order valence-electron chi connectivity index (χ4n) is 4.37. The summed E-state index contributed by atoms with van der Waals surface area (Å²) in [5.74, 6) is 1.35. The number of ether oxygens (including phenoxy) is 2. The molecule has 190 valence electrons. The van der Waals surface area contributed by atoms with Gasteiger partial charge in [0.25, 0.3) is 0 Å². The number of methoxy groups -OCH3 is 2. The maximum atomic E-state index is 12.8. The number of nitrogens with zero attached hydrogens (tertiary/aromatic N) is 1. The van der Waals surface area contributed by atoms with Crippen LogP contribution in [0.2, 0.25) is 0 Å². The molecule has 1 aromatic rings. The predicted octanol–water partition coefficient (Wildman–Crippen LogP) is 2.25. The molecule has 3 rings (SSSR count). The van der Waals surface area contributed by atoms with E-state index >= 15 is 0 Å². The van der Waals surface area contributed by atoms with Gasteiger partial charge in [0.2, 0.25) is 5.91 Å². The average molecular weight is 518 g/mol. The van der Waals surface area contributed by atoms with E-state index in [0.717, 1.165) is 25.0 Å². The highest BCUT2D eigenvalue weighted by atomic mass is 32.2. The van der Waals surface area contributed by atoms with Gasteiger partial charge in [0, 0.05) is 36.1 Å². The molecule has 2 heterocycles. The zero-order valence-electron chi connectivity index (χ0n) is 19.5. The highest BCUT2D eigenvalue weighted by Crippen LogP contribution is 2.44. The normalized spacial score (nSPS) is 21.7. The molecule has 2 aliphatic rings.